The van der Waals surface area contributed by atoms with Crippen LogP contribution in [0.15, 0.2) is 0 Å². The van der Waals surface area contributed by atoms with Crippen LogP contribution >= 0.6 is 0 Å². The van der Waals surface area contributed by atoms with Gasteiger partial charge < -0.3 is 0 Å². The molecule has 0 spiro atoms. The van der Waals surface area contributed by atoms with Crippen molar-refractivity contribution in [2.75, 3.05) is 0 Å². The summed E-state index contributed by atoms with van der Waals surface area (Å²) in [6.45, 7) is 13.5. The summed E-state index contributed by atoms with van der Waals surface area (Å²) in [5, 5.41) is 0. The Labute approximate surface area is 129 Å². The highest BCUT2D eigenvalue weighted by Crippen LogP contribution is 2.46. The van der Waals surface area contributed by atoms with Gasteiger partial charge >= 0.3 is 0 Å². The molecule has 3 atom stereocenters. The summed E-state index contributed by atoms with van der Waals surface area (Å²) < 4.78 is 0. The standard InChI is InChI=1S/C18H39OSi/c1-7-10-13-16(4)20(19,17(5)14-11-8-2)18(6)15-12-9-3/h16-18H,7-15H2,1-6H3. The van der Waals surface area contributed by atoms with Gasteiger partial charge in [0.25, 0.3) is 0 Å². The van der Waals surface area contributed by atoms with E-state index in [1.165, 1.54) is 57.8 Å². The lowest BCUT2D eigenvalue weighted by molar-refractivity contribution is 0.348. The second-order valence-corrected chi connectivity index (χ2v) is 11.6. The minimum absolute atomic E-state index is 0.446. The molecule has 0 saturated carbocycles. The Morgan fingerprint density at radius 2 is 0.900 bits per heavy atom. The molecule has 0 aromatic heterocycles. The fourth-order valence-electron chi connectivity index (χ4n) is 3.66. The first kappa shape index (κ1) is 20.2. The molecule has 0 bridgehead atoms. The van der Waals surface area contributed by atoms with E-state index in [0.717, 1.165) is 0 Å². The lowest BCUT2D eigenvalue weighted by atomic mass is 10.2. The van der Waals surface area contributed by atoms with Crippen molar-refractivity contribution >= 4 is 8.32 Å². The van der Waals surface area contributed by atoms with E-state index in [9.17, 15) is 4.80 Å². The summed E-state index contributed by atoms with van der Waals surface area (Å²) in [6, 6.07) is 0. The summed E-state index contributed by atoms with van der Waals surface area (Å²) in [6.07, 6.45) is 10.9. The summed E-state index contributed by atoms with van der Waals surface area (Å²) in [4.78, 5) is 13.9. The molecular formula is C18H39OSi. The van der Waals surface area contributed by atoms with E-state index in [4.69, 9.17) is 0 Å². The minimum Gasteiger partial charge on any atom is -0.296 e. The number of hydrogen-bond donors (Lipinski definition) is 0. The second kappa shape index (κ2) is 10.8. The zero-order valence-electron chi connectivity index (χ0n) is 15.0. The Morgan fingerprint density at radius 3 is 1.10 bits per heavy atom. The van der Waals surface area contributed by atoms with Gasteiger partial charge in [0, 0.05) is 0 Å². The van der Waals surface area contributed by atoms with Gasteiger partial charge in [-0.2, -0.15) is 0 Å². The van der Waals surface area contributed by atoms with Gasteiger partial charge in [-0.05, 0) is 16.6 Å². The second-order valence-electron chi connectivity index (χ2n) is 6.98. The first-order valence-corrected chi connectivity index (χ1v) is 11.3. The molecule has 121 valence electrons. The Hall–Kier alpha value is 0.177. The third-order valence-electron chi connectivity index (χ3n) is 5.28. The number of rotatable bonds is 12. The molecule has 0 aromatic carbocycles. The Balaban J connectivity index is 4.88. The molecule has 0 aliphatic heterocycles. The highest BCUT2D eigenvalue weighted by molar-refractivity contribution is 6.76. The van der Waals surface area contributed by atoms with Crippen LogP contribution in [0.1, 0.15) is 99.3 Å². The molecule has 0 N–H and O–H groups in total. The van der Waals surface area contributed by atoms with Crippen LogP contribution in [0.5, 0.6) is 0 Å². The predicted molar refractivity (Wildman–Crippen MR) is 93.3 cm³/mol. The van der Waals surface area contributed by atoms with Crippen molar-refractivity contribution in [2.24, 2.45) is 0 Å². The molecule has 0 saturated heterocycles. The van der Waals surface area contributed by atoms with Crippen LogP contribution in [0.4, 0.5) is 0 Å². The maximum absolute atomic E-state index is 13.9. The van der Waals surface area contributed by atoms with E-state index < -0.39 is 8.32 Å². The van der Waals surface area contributed by atoms with Crippen LogP contribution in [0, 0.1) is 0 Å². The van der Waals surface area contributed by atoms with Gasteiger partial charge in [-0.25, -0.2) is 0 Å². The van der Waals surface area contributed by atoms with Crippen molar-refractivity contribution in [3.8, 4) is 0 Å². The third-order valence-corrected chi connectivity index (χ3v) is 10.8. The van der Waals surface area contributed by atoms with Crippen LogP contribution in [0.3, 0.4) is 0 Å². The molecule has 0 aliphatic rings. The van der Waals surface area contributed by atoms with E-state index in [0.29, 0.717) is 16.6 Å². The topological polar surface area (TPSA) is 19.9 Å². The molecule has 0 rings (SSSR count). The smallest absolute Gasteiger partial charge is 0.245 e. The Bertz CT molecular complexity index is 193. The molecule has 3 unspecified atom stereocenters. The summed E-state index contributed by atoms with van der Waals surface area (Å²) in [5.74, 6) is 0. The van der Waals surface area contributed by atoms with Gasteiger partial charge in [0.2, 0.25) is 8.32 Å². The van der Waals surface area contributed by atoms with Crippen molar-refractivity contribution in [3.05, 3.63) is 0 Å². The summed E-state index contributed by atoms with van der Waals surface area (Å²) in [7, 11) is -2.42. The Kier molecular flexibility index (Phi) is 10.9. The summed E-state index contributed by atoms with van der Waals surface area (Å²) >= 11 is 0. The molecule has 0 aromatic rings. The molecule has 1 nitrogen and oxygen atoms in total. The van der Waals surface area contributed by atoms with Crippen LogP contribution in [-0.2, 0) is 4.80 Å². The van der Waals surface area contributed by atoms with Gasteiger partial charge in [0.05, 0.1) is 0 Å². The Morgan fingerprint density at radius 1 is 0.650 bits per heavy atom. The molecule has 0 aliphatic carbocycles. The van der Waals surface area contributed by atoms with Crippen LogP contribution < -0.4 is 0 Å². The van der Waals surface area contributed by atoms with Crippen molar-refractivity contribution in [2.45, 2.75) is 116 Å². The maximum atomic E-state index is 13.9. The highest BCUT2D eigenvalue weighted by Gasteiger charge is 2.48. The SMILES string of the molecule is CCCCC(C)[Si]([O])(C(C)CCCC)C(C)CCCC. The molecular weight excluding hydrogens is 260 g/mol. The maximum Gasteiger partial charge on any atom is 0.245 e. The average molecular weight is 300 g/mol. The van der Waals surface area contributed by atoms with E-state index in [-0.39, 0.29) is 0 Å². The lowest BCUT2D eigenvalue weighted by Gasteiger charge is -2.39. The normalized spacial score (nSPS) is 19.4. The molecule has 2 heteroatoms. The van der Waals surface area contributed by atoms with Crippen molar-refractivity contribution in [1.82, 2.24) is 0 Å². The first-order chi connectivity index (χ1) is 9.44. The van der Waals surface area contributed by atoms with Crippen LogP contribution in [0.2, 0.25) is 16.6 Å². The monoisotopic (exact) mass is 299 g/mol. The molecule has 0 fully saturated rings. The predicted octanol–water partition coefficient (Wildman–Crippen LogP) is 7.10. The average Bonchev–Trinajstić information content (AvgIpc) is 2.46. The van der Waals surface area contributed by atoms with Gasteiger partial charge in [-0.15, -0.1) is 0 Å². The molecule has 0 heterocycles. The van der Waals surface area contributed by atoms with Crippen molar-refractivity contribution in [1.29, 1.82) is 0 Å². The molecule has 20 heavy (non-hydrogen) atoms. The highest BCUT2D eigenvalue weighted by atomic mass is 28.4. The van der Waals surface area contributed by atoms with Crippen molar-refractivity contribution in [3.63, 3.8) is 0 Å². The van der Waals surface area contributed by atoms with Gasteiger partial charge in [0.1, 0.15) is 0 Å². The summed E-state index contributed by atoms with van der Waals surface area (Å²) in [5.41, 5.74) is 1.34. The van der Waals surface area contributed by atoms with Gasteiger partial charge in [-0.1, -0.05) is 99.3 Å². The van der Waals surface area contributed by atoms with Gasteiger partial charge in [-0.3, -0.25) is 4.80 Å². The van der Waals surface area contributed by atoms with Crippen LogP contribution in [-0.4, -0.2) is 8.32 Å². The van der Waals surface area contributed by atoms with E-state index >= 15 is 0 Å². The van der Waals surface area contributed by atoms with E-state index in [1.807, 2.05) is 0 Å². The third kappa shape index (κ3) is 5.89. The number of hydrogen-bond acceptors (Lipinski definition) is 0. The van der Waals surface area contributed by atoms with Crippen LogP contribution in [0.25, 0.3) is 0 Å². The largest absolute Gasteiger partial charge is 0.296 e. The quantitative estimate of drug-likeness (QED) is 0.342. The first-order valence-electron chi connectivity index (χ1n) is 9.15. The number of unbranched alkanes of at least 4 members (excludes halogenated alkanes) is 3. The minimum atomic E-state index is -2.42. The van der Waals surface area contributed by atoms with E-state index in [1.54, 1.807) is 0 Å². The molecule has 1 radical (unpaired) electrons. The fourth-order valence-corrected chi connectivity index (χ4v) is 8.54. The lowest BCUT2D eigenvalue weighted by Crippen LogP contribution is -2.46. The van der Waals surface area contributed by atoms with Crippen molar-refractivity contribution < 1.29 is 4.80 Å². The van der Waals surface area contributed by atoms with Gasteiger partial charge in [0.15, 0.2) is 0 Å². The molecule has 0 amide bonds. The zero-order valence-corrected chi connectivity index (χ0v) is 16.0. The zero-order chi connectivity index (χ0) is 15.6. The van der Waals surface area contributed by atoms with E-state index in [2.05, 4.69) is 41.5 Å². The fraction of sp³-hybridized carbons (Fsp3) is 1.00.